The average molecular weight is 417 g/mol. The van der Waals surface area contributed by atoms with Crippen molar-refractivity contribution < 1.29 is 14.2 Å². The maximum absolute atomic E-state index is 6.33. The van der Waals surface area contributed by atoms with Gasteiger partial charge in [-0.05, 0) is 58.2 Å². The van der Waals surface area contributed by atoms with Gasteiger partial charge in [-0.3, -0.25) is 0 Å². The van der Waals surface area contributed by atoms with Crippen LogP contribution in [0.3, 0.4) is 0 Å². The van der Waals surface area contributed by atoms with Crippen molar-refractivity contribution in [3.63, 3.8) is 0 Å². The zero-order chi connectivity index (χ0) is 21.6. The summed E-state index contributed by atoms with van der Waals surface area (Å²) < 4.78 is 19.0. The van der Waals surface area contributed by atoms with E-state index in [0.29, 0.717) is 19.8 Å². The van der Waals surface area contributed by atoms with Crippen LogP contribution in [0.2, 0.25) is 0 Å². The third kappa shape index (κ3) is 14.4. The van der Waals surface area contributed by atoms with E-state index < -0.39 is 5.97 Å². The van der Waals surface area contributed by atoms with Crippen LogP contribution in [0.5, 0.6) is 0 Å². The second-order valence-corrected chi connectivity index (χ2v) is 8.08. The van der Waals surface area contributed by atoms with Gasteiger partial charge in [-0.25, -0.2) is 0 Å². The third-order valence-corrected chi connectivity index (χ3v) is 5.16. The predicted molar refractivity (Wildman–Crippen MR) is 124 cm³/mol. The van der Waals surface area contributed by atoms with Crippen LogP contribution in [0.25, 0.3) is 0 Å². The van der Waals surface area contributed by atoms with E-state index in [9.17, 15) is 0 Å². The molecule has 5 heteroatoms. The van der Waals surface area contributed by atoms with Gasteiger partial charge in [-0.2, -0.15) is 0 Å². The Morgan fingerprint density at radius 3 is 1.72 bits per heavy atom. The number of rotatable bonds is 23. The summed E-state index contributed by atoms with van der Waals surface area (Å²) in [7, 11) is 0. The Balaban J connectivity index is 5.07. The Labute approximate surface area is 181 Å². The highest BCUT2D eigenvalue weighted by Crippen LogP contribution is 2.33. The summed E-state index contributed by atoms with van der Waals surface area (Å²) in [5, 5.41) is 3.53. The molecule has 0 saturated carbocycles. The number of hydrogen-bond donors (Lipinski definition) is 2. The number of unbranched alkanes of at least 4 members (excludes halogenated alkanes) is 5. The van der Waals surface area contributed by atoms with Gasteiger partial charge in [-0.15, -0.1) is 0 Å². The largest absolute Gasteiger partial charge is 0.330 e. The number of nitrogens with one attached hydrogen (secondary N) is 1. The van der Waals surface area contributed by atoms with Crippen molar-refractivity contribution in [2.75, 3.05) is 39.5 Å². The van der Waals surface area contributed by atoms with Gasteiger partial charge in [0.2, 0.25) is 0 Å². The molecule has 0 aliphatic rings. The lowest BCUT2D eigenvalue weighted by Gasteiger charge is -2.40. The van der Waals surface area contributed by atoms with Crippen LogP contribution in [0.1, 0.15) is 105 Å². The normalized spacial score (nSPS) is 13.1. The van der Waals surface area contributed by atoms with Crippen LogP contribution in [0.15, 0.2) is 0 Å². The van der Waals surface area contributed by atoms with E-state index in [1.165, 1.54) is 38.5 Å². The number of hydrogen-bond acceptors (Lipinski definition) is 5. The molecule has 0 heterocycles. The molecule has 0 amide bonds. The lowest BCUT2D eigenvalue weighted by molar-refractivity contribution is -0.406. The molecule has 0 fully saturated rings. The van der Waals surface area contributed by atoms with Gasteiger partial charge in [-0.1, -0.05) is 66.2 Å². The Morgan fingerprint density at radius 2 is 1.21 bits per heavy atom. The zero-order valence-electron chi connectivity index (χ0n) is 20.1. The van der Waals surface area contributed by atoms with E-state index in [0.717, 1.165) is 58.2 Å². The van der Waals surface area contributed by atoms with E-state index in [-0.39, 0.29) is 5.92 Å². The van der Waals surface area contributed by atoms with Crippen molar-refractivity contribution in [3.8, 4) is 0 Å². The minimum Gasteiger partial charge on any atom is -0.330 e. The molecule has 0 aromatic heterocycles. The Bertz CT molecular complexity index is 307. The lowest BCUT2D eigenvalue weighted by atomic mass is 9.94. The Morgan fingerprint density at radius 1 is 0.655 bits per heavy atom. The molecular weight excluding hydrogens is 364 g/mol. The summed E-state index contributed by atoms with van der Waals surface area (Å²) in [5.41, 5.74) is 5.62. The topological polar surface area (TPSA) is 65.7 Å². The van der Waals surface area contributed by atoms with Crippen LogP contribution >= 0.6 is 0 Å². The van der Waals surface area contributed by atoms with Crippen molar-refractivity contribution in [2.45, 2.75) is 111 Å². The van der Waals surface area contributed by atoms with E-state index in [1.807, 2.05) is 0 Å². The van der Waals surface area contributed by atoms with Crippen LogP contribution in [-0.4, -0.2) is 45.4 Å². The highest BCUT2D eigenvalue weighted by Gasteiger charge is 2.41. The fourth-order valence-electron chi connectivity index (χ4n) is 3.51. The summed E-state index contributed by atoms with van der Waals surface area (Å²) in [6.07, 6.45) is 13.8. The number of ether oxygens (including phenoxy) is 3. The van der Waals surface area contributed by atoms with Gasteiger partial charge in [0, 0.05) is 5.92 Å². The molecule has 29 heavy (non-hydrogen) atoms. The SMILES string of the molecule is CCCCCCCCC(CCNCCCN)C(OCCC)(OCCC)OCCC. The van der Waals surface area contributed by atoms with Crippen molar-refractivity contribution in [2.24, 2.45) is 11.7 Å². The maximum atomic E-state index is 6.33. The second-order valence-electron chi connectivity index (χ2n) is 8.08. The van der Waals surface area contributed by atoms with Crippen molar-refractivity contribution in [1.29, 1.82) is 0 Å². The summed E-state index contributed by atoms with van der Waals surface area (Å²) in [6, 6.07) is 0. The predicted octanol–water partition coefficient (Wildman–Crippen LogP) is 5.62. The van der Waals surface area contributed by atoms with Gasteiger partial charge >= 0.3 is 0 Å². The van der Waals surface area contributed by atoms with E-state index >= 15 is 0 Å². The standard InChI is InChI=1S/C24H52N2O3/c1-5-9-10-11-12-13-15-23(16-19-26-18-14-17-25)24(27-20-6-2,28-21-7-3)29-22-8-4/h23,26H,5-22,25H2,1-4H3. The molecule has 5 nitrogen and oxygen atoms in total. The Kier molecular flexibility index (Phi) is 20.9. The molecule has 0 rings (SSSR count). The molecule has 0 saturated heterocycles. The van der Waals surface area contributed by atoms with Gasteiger partial charge in [0.15, 0.2) is 0 Å². The molecule has 0 radical (unpaired) electrons. The smallest absolute Gasteiger partial charge is 0.285 e. The Hall–Kier alpha value is -0.200. The van der Waals surface area contributed by atoms with Gasteiger partial charge < -0.3 is 25.3 Å². The molecule has 3 N–H and O–H groups in total. The highest BCUT2D eigenvalue weighted by molar-refractivity contribution is 4.74. The highest BCUT2D eigenvalue weighted by atomic mass is 16.9. The summed E-state index contributed by atoms with van der Waals surface area (Å²) in [6.45, 7) is 13.3. The van der Waals surface area contributed by atoms with Crippen molar-refractivity contribution in [3.05, 3.63) is 0 Å². The van der Waals surface area contributed by atoms with Crippen LogP contribution in [0.4, 0.5) is 0 Å². The lowest BCUT2D eigenvalue weighted by Crippen LogP contribution is -2.48. The summed E-state index contributed by atoms with van der Waals surface area (Å²) in [5.74, 6) is -0.662. The van der Waals surface area contributed by atoms with Crippen molar-refractivity contribution >= 4 is 0 Å². The molecule has 0 aliphatic carbocycles. The molecule has 0 aromatic carbocycles. The van der Waals surface area contributed by atoms with Gasteiger partial charge in [0.25, 0.3) is 5.97 Å². The molecule has 0 aromatic rings. The maximum Gasteiger partial charge on any atom is 0.285 e. The number of nitrogens with two attached hydrogens (primary N) is 1. The minimum atomic E-state index is -0.902. The van der Waals surface area contributed by atoms with E-state index in [2.05, 4.69) is 33.0 Å². The van der Waals surface area contributed by atoms with Crippen LogP contribution in [0, 0.1) is 5.92 Å². The minimum absolute atomic E-state index is 0.240. The summed E-state index contributed by atoms with van der Waals surface area (Å²) >= 11 is 0. The first kappa shape index (κ1) is 28.8. The first-order chi connectivity index (χ1) is 14.2. The molecule has 0 bridgehead atoms. The van der Waals surface area contributed by atoms with Crippen LogP contribution in [-0.2, 0) is 14.2 Å². The van der Waals surface area contributed by atoms with Gasteiger partial charge in [0.05, 0.1) is 19.8 Å². The average Bonchev–Trinajstić information content (AvgIpc) is 2.74. The molecule has 0 aliphatic heterocycles. The first-order valence-electron chi connectivity index (χ1n) is 12.5. The molecule has 1 unspecified atom stereocenters. The monoisotopic (exact) mass is 416 g/mol. The molecular formula is C24H52N2O3. The first-order valence-corrected chi connectivity index (χ1v) is 12.5. The fraction of sp³-hybridized carbons (Fsp3) is 1.00. The molecule has 0 spiro atoms. The van der Waals surface area contributed by atoms with Crippen LogP contribution < -0.4 is 11.1 Å². The van der Waals surface area contributed by atoms with Crippen molar-refractivity contribution in [1.82, 2.24) is 5.32 Å². The molecule has 176 valence electrons. The summed E-state index contributed by atoms with van der Waals surface area (Å²) in [4.78, 5) is 0. The molecule has 1 atom stereocenters. The quantitative estimate of drug-likeness (QED) is 0.167. The second kappa shape index (κ2) is 21.0. The fourth-order valence-corrected chi connectivity index (χ4v) is 3.51. The van der Waals surface area contributed by atoms with Gasteiger partial charge in [0.1, 0.15) is 0 Å². The third-order valence-electron chi connectivity index (χ3n) is 5.16. The van der Waals surface area contributed by atoms with E-state index in [1.54, 1.807) is 0 Å². The zero-order valence-corrected chi connectivity index (χ0v) is 20.1. The van der Waals surface area contributed by atoms with E-state index in [4.69, 9.17) is 19.9 Å².